The highest BCUT2D eigenvalue weighted by atomic mass is 16.5. The smallest absolute Gasteiger partial charge is 0.290 e. The number of carboxylic acid groups (broad SMARTS) is 1. The monoisotopic (exact) mass is 424 g/mol. The number of morpholine rings is 1. The zero-order chi connectivity index (χ0) is 22.1. The van der Waals surface area contributed by atoms with Crippen LogP contribution < -0.4 is 10.5 Å². The molecule has 1 aromatic carbocycles. The predicted octanol–water partition coefficient (Wildman–Crippen LogP) is 2.49. The van der Waals surface area contributed by atoms with Gasteiger partial charge < -0.3 is 20.3 Å². The second kappa shape index (κ2) is 11.3. The van der Waals surface area contributed by atoms with E-state index >= 15 is 0 Å². The quantitative estimate of drug-likeness (QED) is 0.702. The zero-order valence-electron chi connectivity index (χ0n) is 17.5. The Balaban J connectivity index is 0.000000858. The van der Waals surface area contributed by atoms with Crippen LogP contribution in [0.25, 0.3) is 11.1 Å². The Morgan fingerprint density at radius 1 is 1.23 bits per heavy atom. The van der Waals surface area contributed by atoms with Crippen LogP contribution in [-0.4, -0.2) is 60.9 Å². The van der Waals surface area contributed by atoms with Crippen molar-refractivity contribution in [2.24, 2.45) is 0 Å². The van der Waals surface area contributed by atoms with E-state index in [9.17, 15) is 5.26 Å². The lowest BCUT2D eigenvalue weighted by atomic mass is 9.86. The molecule has 164 valence electrons. The number of carbonyl (C=O) groups is 1. The standard InChI is InChI=1S/C22H26N4O2.CH2O2/c23-15-19-21(18-3-1-2-4-20(18)25-22(19)24)16-5-7-17(8-6-16)28-14-11-26-9-12-27-13-10-26;2-1-3/h5-8H,1-4,9-14H2,(H2,24,25);1H,(H,2,3). The van der Waals surface area contributed by atoms with Gasteiger partial charge in [-0.05, 0) is 48.9 Å². The molecule has 2 aromatic rings. The fourth-order valence-corrected chi connectivity index (χ4v) is 4.03. The summed E-state index contributed by atoms with van der Waals surface area (Å²) in [6, 6.07) is 10.3. The minimum absolute atomic E-state index is 0.250. The van der Waals surface area contributed by atoms with Crippen LogP contribution in [0.15, 0.2) is 24.3 Å². The third kappa shape index (κ3) is 5.72. The maximum Gasteiger partial charge on any atom is 0.290 e. The van der Waals surface area contributed by atoms with Gasteiger partial charge in [0.2, 0.25) is 0 Å². The maximum absolute atomic E-state index is 9.65. The van der Waals surface area contributed by atoms with Crippen LogP contribution in [0.4, 0.5) is 5.82 Å². The molecule has 4 rings (SSSR count). The number of aromatic nitrogens is 1. The fourth-order valence-electron chi connectivity index (χ4n) is 4.03. The highest BCUT2D eigenvalue weighted by Crippen LogP contribution is 2.36. The number of hydrogen-bond donors (Lipinski definition) is 2. The van der Waals surface area contributed by atoms with Crippen molar-refractivity contribution in [2.45, 2.75) is 25.7 Å². The summed E-state index contributed by atoms with van der Waals surface area (Å²) in [4.78, 5) is 15.2. The molecule has 0 saturated carbocycles. The number of nitrogens with zero attached hydrogens (tertiary/aromatic N) is 3. The fraction of sp³-hybridized carbons (Fsp3) is 0.435. The molecule has 1 saturated heterocycles. The van der Waals surface area contributed by atoms with E-state index in [-0.39, 0.29) is 6.47 Å². The van der Waals surface area contributed by atoms with Crippen molar-refractivity contribution in [3.63, 3.8) is 0 Å². The summed E-state index contributed by atoms with van der Waals surface area (Å²) in [5.41, 5.74) is 10.8. The number of fused-ring (bicyclic) bond motifs is 1. The molecular formula is C23H28N4O4. The average molecular weight is 425 g/mol. The van der Waals surface area contributed by atoms with Gasteiger partial charge in [0.1, 0.15) is 29.8 Å². The second-order valence-electron chi connectivity index (χ2n) is 7.42. The van der Waals surface area contributed by atoms with Crippen molar-refractivity contribution in [1.29, 1.82) is 5.26 Å². The van der Waals surface area contributed by atoms with Crippen molar-refractivity contribution in [1.82, 2.24) is 9.88 Å². The lowest BCUT2D eigenvalue weighted by Crippen LogP contribution is -2.38. The number of rotatable bonds is 5. The van der Waals surface area contributed by atoms with Crippen molar-refractivity contribution in [3.05, 3.63) is 41.1 Å². The second-order valence-corrected chi connectivity index (χ2v) is 7.42. The summed E-state index contributed by atoms with van der Waals surface area (Å²) in [5, 5.41) is 16.5. The number of nitrogen functional groups attached to an aromatic ring is 1. The Hall–Kier alpha value is -3.15. The van der Waals surface area contributed by atoms with Gasteiger partial charge >= 0.3 is 0 Å². The summed E-state index contributed by atoms with van der Waals surface area (Å²) >= 11 is 0. The zero-order valence-corrected chi connectivity index (χ0v) is 17.5. The van der Waals surface area contributed by atoms with Crippen LogP contribution in [0.2, 0.25) is 0 Å². The van der Waals surface area contributed by atoms with E-state index in [0.29, 0.717) is 18.0 Å². The van der Waals surface area contributed by atoms with Crippen molar-refractivity contribution >= 4 is 12.3 Å². The predicted molar refractivity (Wildman–Crippen MR) is 117 cm³/mol. The van der Waals surface area contributed by atoms with E-state index < -0.39 is 0 Å². The van der Waals surface area contributed by atoms with Crippen LogP contribution in [0, 0.1) is 11.3 Å². The van der Waals surface area contributed by atoms with E-state index in [4.69, 9.17) is 25.1 Å². The summed E-state index contributed by atoms with van der Waals surface area (Å²) in [6.07, 6.45) is 4.13. The molecule has 1 aromatic heterocycles. The van der Waals surface area contributed by atoms with Gasteiger partial charge in [0.15, 0.2) is 0 Å². The number of pyridine rings is 1. The number of nitriles is 1. The molecule has 1 aliphatic carbocycles. The number of benzene rings is 1. The maximum atomic E-state index is 9.65. The number of anilines is 1. The third-order valence-corrected chi connectivity index (χ3v) is 5.54. The Kier molecular flexibility index (Phi) is 8.21. The van der Waals surface area contributed by atoms with Crippen LogP contribution in [-0.2, 0) is 22.4 Å². The Morgan fingerprint density at radius 2 is 1.90 bits per heavy atom. The van der Waals surface area contributed by atoms with Gasteiger partial charge in [0.05, 0.1) is 13.2 Å². The molecule has 2 heterocycles. The van der Waals surface area contributed by atoms with Crippen LogP contribution in [0.3, 0.4) is 0 Å². The molecular weight excluding hydrogens is 396 g/mol. The molecule has 1 fully saturated rings. The van der Waals surface area contributed by atoms with Crippen LogP contribution >= 0.6 is 0 Å². The van der Waals surface area contributed by atoms with Crippen molar-refractivity contribution in [2.75, 3.05) is 45.2 Å². The van der Waals surface area contributed by atoms with E-state index in [2.05, 4.69) is 16.0 Å². The molecule has 0 amide bonds. The minimum atomic E-state index is -0.250. The number of aryl methyl sites for hydroxylation is 1. The van der Waals surface area contributed by atoms with Crippen LogP contribution in [0.1, 0.15) is 29.7 Å². The van der Waals surface area contributed by atoms with Gasteiger partial charge in [-0.25, -0.2) is 4.98 Å². The molecule has 8 nitrogen and oxygen atoms in total. The number of ether oxygens (including phenoxy) is 2. The molecule has 0 bridgehead atoms. The summed E-state index contributed by atoms with van der Waals surface area (Å²) in [7, 11) is 0. The summed E-state index contributed by atoms with van der Waals surface area (Å²) < 4.78 is 11.3. The largest absolute Gasteiger partial charge is 0.492 e. The van der Waals surface area contributed by atoms with E-state index in [1.54, 1.807) is 0 Å². The van der Waals surface area contributed by atoms with Gasteiger partial charge in [0, 0.05) is 30.9 Å². The molecule has 0 unspecified atom stereocenters. The van der Waals surface area contributed by atoms with E-state index in [1.165, 1.54) is 5.56 Å². The topological polar surface area (TPSA) is 122 Å². The molecule has 31 heavy (non-hydrogen) atoms. The summed E-state index contributed by atoms with van der Waals surface area (Å²) in [5.74, 6) is 1.18. The minimum Gasteiger partial charge on any atom is -0.492 e. The highest BCUT2D eigenvalue weighted by Gasteiger charge is 2.22. The van der Waals surface area contributed by atoms with Gasteiger partial charge in [-0.3, -0.25) is 9.69 Å². The molecule has 0 radical (unpaired) electrons. The van der Waals surface area contributed by atoms with Gasteiger partial charge in [0.25, 0.3) is 6.47 Å². The Morgan fingerprint density at radius 3 is 2.58 bits per heavy atom. The molecule has 0 spiro atoms. The average Bonchev–Trinajstić information content (AvgIpc) is 2.80. The molecule has 3 N–H and O–H groups in total. The molecule has 0 atom stereocenters. The first kappa shape index (κ1) is 22.5. The number of nitrogens with two attached hydrogens (primary N) is 1. The first-order valence-electron chi connectivity index (χ1n) is 10.5. The SMILES string of the molecule is N#Cc1c(N)nc2c(c1-c1ccc(OCCN3CCOCC3)cc1)CCCC2.O=CO. The lowest BCUT2D eigenvalue weighted by Gasteiger charge is -2.26. The van der Waals surface area contributed by atoms with E-state index in [1.807, 2.05) is 24.3 Å². The van der Waals surface area contributed by atoms with Gasteiger partial charge in [-0.1, -0.05) is 12.1 Å². The van der Waals surface area contributed by atoms with Gasteiger partial charge in [-0.15, -0.1) is 0 Å². The summed E-state index contributed by atoms with van der Waals surface area (Å²) in [6.45, 7) is 4.84. The molecule has 2 aliphatic rings. The molecule has 8 heteroatoms. The lowest BCUT2D eigenvalue weighted by molar-refractivity contribution is -0.122. The Bertz CT molecular complexity index is 919. The first-order valence-corrected chi connectivity index (χ1v) is 10.5. The first-order chi connectivity index (χ1) is 15.2. The molecule has 1 aliphatic heterocycles. The normalized spacial score (nSPS) is 15.7. The highest BCUT2D eigenvalue weighted by molar-refractivity contribution is 5.79. The Labute approximate surface area is 182 Å². The van der Waals surface area contributed by atoms with Crippen molar-refractivity contribution in [3.8, 4) is 22.9 Å². The number of hydrogen-bond acceptors (Lipinski definition) is 7. The van der Waals surface area contributed by atoms with E-state index in [0.717, 1.165) is 81.1 Å². The van der Waals surface area contributed by atoms with Gasteiger partial charge in [-0.2, -0.15) is 5.26 Å². The van der Waals surface area contributed by atoms with Crippen LogP contribution in [0.5, 0.6) is 5.75 Å². The van der Waals surface area contributed by atoms with Crippen molar-refractivity contribution < 1.29 is 19.4 Å². The third-order valence-electron chi connectivity index (χ3n) is 5.54.